The number of halogens is 3. The molecule has 0 aliphatic carbocycles. The Morgan fingerprint density at radius 3 is 2.48 bits per heavy atom. The van der Waals surface area contributed by atoms with Gasteiger partial charge in [0.15, 0.2) is 5.92 Å². The Hall–Kier alpha value is -1.02. The predicted molar refractivity (Wildman–Crippen MR) is 82.0 cm³/mol. The maximum atomic E-state index is 12.0. The van der Waals surface area contributed by atoms with Crippen LogP contribution in [0.2, 0.25) is 0 Å². The third-order valence-electron chi connectivity index (χ3n) is 2.23. The highest BCUT2D eigenvalue weighted by Gasteiger charge is 2.31. The molecule has 0 saturated carbocycles. The van der Waals surface area contributed by atoms with Gasteiger partial charge in [0.05, 0.1) is 6.61 Å². The van der Waals surface area contributed by atoms with Gasteiger partial charge in [0, 0.05) is 15.2 Å². The van der Waals surface area contributed by atoms with E-state index in [-0.39, 0.29) is 13.0 Å². The van der Waals surface area contributed by atoms with Crippen molar-refractivity contribution in [1.29, 1.82) is 0 Å². The van der Waals surface area contributed by atoms with Gasteiger partial charge in [0.2, 0.25) is 0 Å². The molecule has 0 fully saturated rings. The summed E-state index contributed by atoms with van der Waals surface area (Å²) in [4.78, 5) is 30.0. The quantitative estimate of drug-likeness (QED) is 0.405. The van der Waals surface area contributed by atoms with Gasteiger partial charge in [-0.3, -0.25) is 9.74 Å². The van der Waals surface area contributed by atoms with Crippen LogP contribution in [-0.2, 0) is 25.7 Å². The number of esters is 1. The molecule has 1 heterocycles. The maximum Gasteiger partial charge on any atom is 0.363 e. The average molecular weight is 429 g/mol. The zero-order chi connectivity index (χ0) is 16.4. The van der Waals surface area contributed by atoms with Crippen LogP contribution in [0.5, 0.6) is 0 Å². The summed E-state index contributed by atoms with van der Waals surface area (Å²) in [5.41, 5.74) is 0.554. The molecule has 5 nitrogen and oxygen atoms in total. The van der Waals surface area contributed by atoms with Gasteiger partial charge in [0.25, 0.3) is 0 Å². The van der Waals surface area contributed by atoms with Gasteiger partial charge >= 0.3 is 11.9 Å². The average Bonchev–Trinajstić information content (AvgIpc) is 2.49. The Labute approximate surface area is 139 Å². The van der Waals surface area contributed by atoms with E-state index in [0.717, 1.165) is 0 Å². The number of hydrogen-bond donors (Lipinski definition) is 0. The van der Waals surface area contributed by atoms with Gasteiger partial charge < -0.3 is 4.74 Å². The molecule has 1 aromatic rings. The van der Waals surface area contributed by atoms with Crippen LogP contribution in [0.25, 0.3) is 0 Å². The van der Waals surface area contributed by atoms with E-state index in [9.17, 15) is 14.1 Å². The Balaban J connectivity index is 0.00000191. The maximum absolute atomic E-state index is 12.0. The van der Waals surface area contributed by atoms with Crippen LogP contribution in [0, 0.1) is 5.92 Å². The van der Waals surface area contributed by atoms with Crippen LogP contribution in [0.3, 0.4) is 0 Å². The molecule has 0 N–H and O–H groups in total. The lowest BCUT2D eigenvalue weighted by atomic mass is 10.0. The largest absolute Gasteiger partial charge is 0.465 e. The van der Waals surface area contributed by atoms with Crippen LogP contribution < -0.4 is 0 Å². The summed E-state index contributed by atoms with van der Waals surface area (Å²) >= 11 is 6.41. The number of aromatic nitrogens is 1. The number of carbonyl (C=O) groups excluding carboxylic acids is 2. The molecule has 1 unspecified atom stereocenters. The van der Waals surface area contributed by atoms with Crippen LogP contribution >= 0.6 is 31.9 Å². The molecular weight excluding hydrogens is 413 g/mol. The standard InChI is InChI=1S/C11H10Br2FNO4.C2H6/c1-2-18-10(16)8(11(17)19-14)4-6-3-7(12)5-15-9(6)13;1-2/h3,5,8H,2,4H2,1H3;1-2H3. The van der Waals surface area contributed by atoms with Crippen molar-refractivity contribution in [2.75, 3.05) is 6.61 Å². The van der Waals surface area contributed by atoms with Crippen molar-refractivity contribution in [1.82, 2.24) is 4.98 Å². The predicted octanol–water partition coefficient (Wildman–Crippen LogP) is 3.78. The lowest BCUT2D eigenvalue weighted by molar-refractivity contribution is -0.192. The number of pyridine rings is 1. The molecule has 0 aliphatic heterocycles. The summed E-state index contributed by atoms with van der Waals surface area (Å²) in [6.07, 6.45) is 1.47. The van der Waals surface area contributed by atoms with E-state index in [1.807, 2.05) is 13.8 Å². The molecule has 0 aromatic carbocycles. The van der Waals surface area contributed by atoms with Crippen molar-refractivity contribution in [3.05, 3.63) is 26.9 Å². The van der Waals surface area contributed by atoms with Crippen molar-refractivity contribution in [2.45, 2.75) is 27.2 Å². The minimum Gasteiger partial charge on any atom is -0.465 e. The van der Waals surface area contributed by atoms with Crippen molar-refractivity contribution in [3.8, 4) is 0 Å². The van der Waals surface area contributed by atoms with Crippen LogP contribution in [0.15, 0.2) is 21.3 Å². The summed E-state index contributed by atoms with van der Waals surface area (Å²) < 4.78 is 17.9. The fourth-order valence-electron chi connectivity index (χ4n) is 1.39. The second-order valence-electron chi connectivity index (χ2n) is 3.51. The molecule has 0 spiro atoms. The highest BCUT2D eigenvalue weighted by atomic mass is 79.9. The summed E-state index contributed by atoms with van der Waals surface area (Å²) in [7, 11) is 0. The van der Waals surface area contributed by atoms with Gasteiger partial charge in [-0.25, -0.2) is 9.78 Å². The van der Waals surface area contributed by atoms with Gasteiger partial charge in [-0.15, -0.1) is 0 Å². The van der Waals surface area contributed by atoms with E-state index in [0.29, 0.717) is 14.6 Å². The molecule has 1 atom stereocenters. The third-order valence-corrected chi connectivity index (χ3v) is 3.38. The van der Waals surface area contributed by atoms with E-state index in [4.69, 9.17) is 4.74 Å². The van der Waals surface area contributed by atoms with Gasteiger partial charge in [-0.1, -0.05) is 13.8 Å². The van der Waals surface area contributed by atoms with Crippen LogP contribution in [0.1, 0.15) is 26.3 Å². The van der Waals surface area contributed by atoms with E-state index in [1.54, 1.807) is 19.2 Å². The molecule has 8 heteroatoms. The Morgan fingerprint density at radius 1 is 1.33 bits per heavy atom. The zero-order valence-electron chi connectivity index (χ0n) is 11.9. The van der Waals surface area contributed by atoms with Crippen molar-refractivity contribution < 1.29 is 23.8 Å². The molecule has 1 aromatic heterocycles. The first-order valence-electron chi connectivity index (χ1n) is 6.28. The van der Waals surface area contributed by atoms with Gasteiger partial charge in [-0.05, 0) is 56.8 Å². The fraction of sp³-hybridized carbons (Fsp3) is 0.462. The Morgan fingerprint density at radius 2 is 1.95 bits per heavy atom. The minimum absolute atomic E-state index is 0.0748. The smallest absolute Gasteiger partial charge is 0.363 e. The molecule has 1 rings (SSSR count). The highest BCUT2D eigenvalue weighted by molar-refractivity contribution is 9.11. The first-order chi connectivity index (χ1) is 9.99. The number of nitrogens with zero attached hydrogens (tertiary/aromatic N) is 1. The topological polar surface area (TPSA) is 65.5 Å². The number of ether oxygens (including phenoxy) is 1. The molecule has 21 heavy (non-hydrogen) atoms. The van der Waals surface area contributed by atoms with E-state index in [1.165, 1.54) is 0 Å². The van der Waals surface area contributed by atoms with Crippen LogP contribution in [0.4, 0.5) is 4.53 Å². The molecule has 118 valence electrons. The van der Waals surface area contributed by atoms with Gasteiger partial charge in [-0.2, -0.15) is 0 Å². The van der Waals surface area contributed by atoms with E-state index < -0.39 is 17.9 Å². The second-order valence-corrected chi connectivity index (χ2v) is 5.18. The third kappa shape index (κ3) is 6.52. The van der Waals surface area contributed by atoms with Crippen molar-refractivity contribution in [3.63, 3.8) is 0 Å². The summed E-state index contributed by atoms with van der Waals surface area (Å²) in [6, 6.07) is 1.66. The Kier molecular flexibility index (Phi) is 10.2. The number of hydrogen-bond acceptors (Lipinski definition) is 5. The molecule has 0 saturated heterocycles. The fourth-order valence-corrected chi connectivity index (χ4v) is 2.14. The minimum atomic E-state index is -1.36. The lowest BCUT2D eigenvalue weighted by Gasteiger charge is -2.12. The van der Waals surface area contributed by atoms with E-state index in [2.05, 4.69) is 41.8 Å². The monoisotopic (exact) mass is 427 g/mol. The molecule has 0 amide bonds. The molecule has 0 aliphatic rings. The zero-order valence-corrected chi connectivity index (χ0v) is 15.0. The normalized spacial score (nSPS) is 11.0. The second kappa shape index (κ2) is 10.7. The number of carbonyl (C=O) groups is 2. The summed E-state index contributed by atoms with van der Waals surface area (Å²) in [5, 5.41) is 0. The SMILES string of the molecule is CC.CCOC(=O)C(Cc1cc(Br)cnc1Br)C(=O)OF. The molecule has 0 radical (unpaired) electrons. The summed E-state index contributed by atoms with van der Waals surface area (Å²) in [6.45, 7) is 5.68. The Bertz CT molecular complexity index is 485. The lowest BCUT2D eigenvalue weighted by Crippen LogP contribution is -2.28. The summed E-state index contributed by atoms with van der Waals surface area (Å²) in [5.74, 6) is -3.49. The van der Waals surface area contributed by atoms with Crippen molar-refractivity contribution >= 4 is 43.8 Å². The molecule has 0 bridgehead atoms. The van der Waals surface area contributed by atoms with Crippen LogP contribution in [-0.4, -0.2) is 23.5 Å². The number of rotatable bonds is 5. The first kappa shape index (κ1) is 20.0. The highest BCUT2D eigenvalue weighted by Crippen LogP contribution is 2.22. The van der Waals surface area contributed by atoms with Gasteiger partial charge in [0.1, 0.15) is 4.60 Å². The van der Waals surface area contributed by atoms with E-state index >= 15 is 0 Å². The molecular formula is C13H16Br2FNO4. The van der Waals surface area contributed by atoms with Crippen molar-refractivity contribution in [2.24, 2.45) is 5.92 Å². The first-order valence-corrected chi connectivity index (χ1v) is 7.87.